The molecule has 1 N–H and O–H groups in total. The molecule has 0 saturated heterocycles. The maximum Gasteiger partial charge on any atom is 0.326 e. The average molecular weight is 341 g/mol. The fraction of sp³-hybridized carbons (Fsp3) is 0.300. The van der Waals surface area contributed by atoms with E-state index in [1.165, 1.54) is 18.9 Å². The highest BCUT2D eigenvalue weighted by Crippen LogP contribution is 2.17. The summed E-state index contributed by atoms with van der Waals surface area (Å²) in [4.78, 5) is 24.4. The maximum atomic E-state index is 12.2. The zero-order valence-corrected chi connectivity index (χ0v) is 14.7. The third-order valence-electron chi connectivity index (χ3n) is 4.24. The third kappa shape index (κ3) is 5.08. The van der Waals surface area contributed by atoms with Gasteiger partial charge >= 0.3 is 5.97 Å². The normalized spacial score (nSPS) is 11.6. The van der Waals surface area contributed by atoms with Crippen LogP contribution in [0.1, 0.15) is 23.6 Å². The van der Waals surface area contributed by atoms with Gasteiger partial charge in [-0.05, 0) is 42.7 Å². The summed E-state index contributed by atoms with van der Waals surface area (Å²) >= 11 is 0. The number of aryl methyl sites for hydroxylation is 1. The van der Waals surface area contributed by atoms with Crippen LogP contribution in [0.2, 0.25) is 0 Å². The summed E-state index contributed by atoms with van der Waals surface area (Å²) in [7, 11) is 1.50. The fourth-order valence-corrected chi connectivity index (χ4v) is 2.36. The fourth-order valence-electron chi connectivity index (χ4n) is 2.36. The lowest BCUT2D eigenvalue weighted by Crippen LogP contribution is -2.41. The van der Waals surface area contributed by atoms with E-state index in [4.69, 9.17) is 9.84 Å². The Morgan fingerprint density at radius 3 is 2.56 bits per heavy atom. The summed E-state index contributed by atoms with van der Waals surface area (Å²) in [5, 5.41) is 9.00. The van der Waals surface area contributed by atoms with Gasteiger partial charge in [0, 0.05) is 7.05 Å². The van der Waals surface area contributed by atoms with Crippen molar-refractivity contribution in [3.63, 3.8) is 0 Å². The first kappa shape index (κ1) is 18.5. The van der Waals surface area contributed by atoms with Crippen LogP contribution in [-0.2, 0) is 22.6 Å². The van der Waals surface area contributed by atoms with Gasteiger partial charge in [-0.15, -0.1) is 0 Å². The van der Waals surface area contributed by atoms with Crippen molar-refractivity contribution in [3.05, 3.63) is 65.2 Å². The van der Waals surface area contributed by atoms with E-state index < -0.39 is 12.0 Å². The van der Waals surface area contributed by atoms with Crippen molar-refractivity contribution in [2.45, 2.75) is 32.9 Å². The molecule has 1 unspecified atom stereocenters. The maximum absolute atomic E-state index is 12.2. The molecular formula is C20H23NO4. The number of ether oxygens (including phenoxy) is 1. The first-order chi connectivity index (χ1) is 11.9. The molecule has 0 fully saturated rings. The van der Waals surface area contributed by atoms with Crippen molar-refractivity contribution >= 4 is 11.9 Å². The highest BCUT2D eigenvalue weighted by molar-refractivity contribution is 5.84. The standard InChI is InChI=1S/C20H23NO4/c1-14-7-4-5-9-17(14)13-25-18-10-6-8-16(11-18)12-19(22)21(3)15(2)20(23)24/h4-11,15H,12-13H2,1-3H3,(H,23,24). The molecule has 0 saturated carbocycles. The number of benzene rings is 2. The van der Waals surface area contributed by atoms with Gasteiger partial charge < -0.3 is 14.7 Å². The zero-order valence-electron chi connectivity index (χ0n) is 14.7. The van der Waals surface area contributed by atoms with Crippen LogP contribution in [0.4, 0.5) is 0 Å². The second-order valence-electron chi connectivity index (χ2n) is 6.06. The lowest BCUT2D eigenvalue weighted by molar-refractivity contribution is -0.148. The summed E-state index contributed by atoms with van der Waals surface area (Å²) in [6.45, 7) is 3.98. The zero-order chi connectivity index (χ0) is 18.4. The highest BCUT2D eigenvalue weighted by Gasteiger charge is 2.21. The SMILES string of the molecule is Cc1ccccc1COc1cccc(CC(=O)N(C)C(C)C(=O)O)c1. The molecule has 1 atom stereocenters. The first-order valence-electron chi connectivity index (χ1n) is 8.13. The minimum atomic E-state index is -1.02. The van der Waals surface area contributed by atoms with Crippen LogP contribution >= 0.6 is 0 Å². The second-order valence-corrected chi connectivity index (χ2v) is 6.06. The number of amides is 1. The molecule has 2 aromatic carbocycles. The molecule has 0 aromatic heterocycles. The predicted octanol–water partition coefficient (Wildman–Crippen LogP) is 3.05. The van der Waals surface area contributed by atoms with E-state index in [-0.39, 0.29) is 12.3 Å². The Kier molecular flexibility index (Phi) is 6.17. The lowest BCUT2D eigenvalue weighted by atomic mass is 10.1. The van der Waals surface area contributed by atoms with Crippen molar-refractivity contribution in [3.8, 4) is 5.75 Å². The number of carboxylic acid groups (broad SMARTS) is 1. The molecule has 0 aliphatic rings. The summed E-state index contributed by atoms with van der Waals surface area (Å²) in [5.41, 5.74) is 3.06. The number of hydrogen-bond acceptors (Lipinski definition) is 3. The van der Waals surface area contributed by atoms with Crippen LogP contribution in [0.25, 0.3) is 0 Å². The number of carboxylic acids is 1. The Bertz CT molecular complexity index is 757. The molecule has 0 aliphatic carbocycles. The Morgan fingerprint density at radius 2 is 1.88 bits per heavy atom. The van der Waals surface area contributed by atoms with Crippen molar-refractivity contribution in [2.75, 3.05) is 7.05 Å². The smallest absolute Gasteiger partial charge is 0.326 e. The van der Waals surface area contributed by atoms with Crippen LogP contribution < -0.4 is 4.74 Å². The Morgan fingerprint density at radius 1 is 1.16 bits per heavy atom. The van der Waals surface area contributed by atoms with E-state index in [2.05, 4.69) is 0 Å². The quantitative estimate of drug-likeness (QED) is 0.840. The van der Waals surface area contributed by atoms with Crippen molar-refractivity contribution < 1.29 is 19.4 Å². The predicted molar refractivity (Wildman–Crippen MR) is 95.5 cm³/mol. The van der Waals surface area contributed by atoms with Gasteiger partial charge in [-0.3, -0.25) is 4.79 Å². The summed E-state index contributed by atoms with van der Waals surface area (Å²) in [5.74, 6) is -0.584. The average Bonchev–Trinajstić information content (AvgIpc) is 2.60. The van der Waals surface area contributed by atoms with Gasteiger partial charge in [0.1, 0.15) is 18.4 Å². The largest absolute Gasteiger partial charge is 0.489 e. The molecule has 5 heteroatoms. The van der Waals surface area contributed by atoms with E-state index in [1.807, 2.05) is 55.5 Å². The van der Waals surface area contributed by atoms with Gasteiger partial charge in [0.05, 0.1) is 6.42 Å². The van der Waals surface area contributed by atoms with E-state index in [0.29, 0.717) is 12.4 Å². The van der Waals surface area contributed by atoms with Crippen LogP contribution in [0.5, 0.6) is 5.75 Å². The van der Waals surface area contributed by atoms with Gasteiger partial charge in [0.25, 0.3) is 0 Å². The van der Waals surface area contributed by atoms with Crippen molar-refractivity contribution in [1.82, 2.24) is 4.90 Å². The number of rotatable bonds is 7. The minimum absolute atomic E-state index is 0.135. The van der Waals surface area contributed by atoms with Crippen molar-refractivity contribution in [2.24, 2.45) is 0 Å². The summed E-state index contributed by atoms with van der Waals surface area (Å²) < 4.78 is 5.82. The number of carbonyl (C=O) groups is 2. The van der Waals surface area contributed by atoms with E-state index in [0.717, 1.165) is 16.7 Å². The van der Waals surface area contributed by atoms with E-state index in [1.54, 1.807) is 0 Å². The monoisotopic (exact) mass is 341 g/mol. The lowest BCUT2D eigenvalue weighted by Gasteiger charge is -2.21. The number of nitrogens with zero attached hydrogens (tertiary/aromatic N) is 1. The molecule has 0 radical (unpaired) electrons. The second kappa shape index (κ2) is 8.33. The molecule has 0 heterocycles. The Labute approximate surface area is 147 Å². The molecule has 2 aromatic rings. The number of carbonyl (C=O) groups excluding carboxylic acids is 1. The molecule has 25 heavy (non-hydrogen) atoms. The van der Waals surface area contributed by atoms with Gasteiger partial charge in [0.15, 0.2) is 0 Å². The van der Waals surface area contributed by atoms with E-state index >= 15 is 0 Å². The molecule has 2 rings (SSSR count). The number of hydrogen-bond donors (Lipinski definition) is 1. The topological polar surface area (TPSA) is 66.8 Å². The van der Waals surface area contributed by atoms with E-state index in [9.17, 15) is 9.59 Å². The molecule has 0 aliphatic heterocycles. The van der Waals surface area contributed by atoms with Gasteiger partial charge in [-0.25, -0.2) is 4.79 Å². The van der Waals surface area contributed by atoms with Gasteiger partial charge in [-0.1, -0.05) is 36.4 Å². The summed E-state index contributed by atoms with van der Waals surface area (Å²) in [6, 6.07) is 14.5. The molecule has 1 amide bonds. The first-order valence-corrected chi connectivity index (χ1v) is 8.13. The molecule has 132 valence electrons. The van der Waals surface area contributed by atoms with Crippen LogP contribution in [-0.4, -0.2) is 35.0 Å². The van der Waals surface area contributed by atoms with Crippen LogP contribution in [0, 0.1) is 6.92 Å². The molecule has 0 bridgehead atoms. The number of likely N-dealkylation sites (N-methyl/N-ethyl adjacent to an activating group) is 1. The number of aliphatic carboxylic acids is 1. The Balaban J connectivity index is 2.00. The van der Waals surface area contributed by atoms with Crippen molar-refractivity contribution in [1.29, 1.82) is 0 Å². The van der Waals surface area contributed by atoms with Crippen LogP contribution in [0.3, 0.4) is 0 Å². The Hall–Kier alpha value is -2.82. The highest BCUT2D eigenvalue weighted by atomic mass is 16.5. The third-order valence-corrected chi connectivity index (χ3v) is 4.24. The van der Waals surface area contributed by atoms with Gasteiger partial charge in [0.2, 0.25) is 5.91 Å². The van der Waals surface area contributed by atoms with Crippen LogP contribution in [0.15, 0.2) is 48.5 Å². The minimum Gasteiger partial charge on any atom is -0.489 e. The summed E-state index contributed by atoms with van der Waals surface area (Å²) in [6.07, 6.45) is 0.135. The molecule has 5 nitrogen and oxygen atoms in total. The molecular weight excluding hydrogens is 318 g/mol. The van der Waals surface area contributed by atoms with Gasteiger partial charge in [-0.2, -0.15) is 0 Å². The molecule has 0 spiro atoms.